The number of aryl methyl sites for hydroxylation is 1. The summed E-state index contributed by atoms with van der Waals surface area (Å²) in [6.45, 7) is 1.93. The zero-order valence-corrected chi connectivity index (χ0v) is 20.4. The van der Waals surface area contributed by atoms with Gasteiger partial charge in [0.05, 0.1) is 26.2 Å². The van der Waals surface area contributed by atoms with Crippen molar-refractivity contribution in [2.45, 2.75) is 16.8 Å². The van der Waals surface area contributed by atoms with E-state index in [1.54, 1.807) is 36.7 Å². The number of thioether (sulfide) groups is 2. The summed E-state index contributed by atoms with van der Waals surface area (Å²) in [5.74, 6) is 1.48. The van der Waals surface area contributed by atoms with Crippen LogP contribution in [0.5, 0.6) is 11.5 Å². The molecule has 1 N–H and O–H groups in total. The topological polar surface area (TPSA) is 77.8 Å². The van der Waals surface area contributed by atoms with E-state index in [1.807, 2.05) is 61.7 Å². The maximum Gasteiger partial charge on any atom is 0.234 e. The molecule has 33 heavy (non-hydrogen) atoms. The van der Waals surface area contributed by atoms with Crippen LogP contribution >= 0.6 is 23.5 Å². The first-order valence-electron chi connectivity index (χ1n) is 10.2. The van der Waals surface area contributed by atoms with E-state index in [0.717, 1.165) is 38.1 Å². The van der Waals surface area contributed by atoms with Crippen LogP contribution in [-0.2, 0) is 4.79 Å². The van der Waals surface area contributed by atoms with Gasteiger partial charge in [0, 0.05) is 21.8 Å². The summed E-state index contributed by atoms with van der Waals surface area (Å²) in [5.41, 5.74) is 4.15. The molecule has 4 aromatic rings. The predicted octanol–water partition coefficient (Wildman–Crippen LogP) is 5.17. The number of hydrogen-bond donors (Lipinski definition) is 1. The van der Waals surface area contributed by atoms with Crippen LogP contribution in [0.3, 0.4) is 0 Å². The van der Waals surface area contributed by atoms with Crippen molar-refractivity contribution < 1.29 is 14.3 Å². The number of nitrogens with zero attached hydrogens (tertiary/aromatic N) is 3. The maximum atomic E-state index is 12.6. The maximum absolute atomic E-state index is 12.6. The Morgan fingerprint density at radius 3 is 2.67 bits per heavy atom. The second-order valence-corrected chi connectivity index (χ2v) is 9.04. The Morgan fingerprint density at radius 2 is 1.91 bits per heavy atom. The van der Waals surface area contributed by atoms with Crippen molar-refractivity contribution in [2.75, 3.05) is 31.5 Å². The smallest absolute Gasteiger partial charge is 0.234 e. The van der Waals surface area contributed by atoms with Gasteiger partial charge in [0.2, 0.25) is 5.91 Å². The number of rotatable bonds is 8. The monoisotopic (exact) mass is 480 g/mol. The standard InChI is InChI=1S/C24H24N4O3S2/c1-15-10-23(33-14-22(29)27-17-6-5-7-18(12-17)32-4)28-24(26-15)19(13-25-28)16-8-9-20(30-2)21(11-16)31-3/h5-13H,14H2,1-4H3,(H,27,29). The number of nitrogens with one attached hydrogen (secondary N) is 1. The van der Waals surface area contributed by atoms with Gasteiger partial charge in [-0.1, -0.05) is 23.9 Å². The summed E-state index contributed by atoms with van der Waals surface area (Å²) in [6.07, 6.45) is 3.79. The second-order valence-electron chi connectivity index (χ2n) is 7.17. The molecule has 7 nitrogen and oxygen atoms in total. The number of ether oxygens (including phenoxy) is 2. The number of hydrogen-bond acceptors (Lipinski definition) is 7. The first kappa shape index (κ1) is 23.0. The fourth-order valence-electron chi connectivity index (χ4n) is 3.40. The minimum Gasteiger partial charge on any atom is -0.493 e. The van der Waals surface area contributed by atoms with E-state index < -0.39 is 0 Å². The lowest BCUT2D eigenvalue weighted by Gasteiger charge is -2.10. The molecule has 0 saturated heterocycles. The lowest BCUT2D eigenvalue weighted by atomic mass is 10.1. The fourth-order valence-corrected chi connectivity index (χ4v) is 4.72. The molecule has 0 atom stereocenters. The van der Waals surface area contributed by atoms with E-state index in [-0.39, 0.29) is 11.7 Å². The molecule has 0 unspecified atom stereocenters. The minimum absolute atomic E-state index is 0.0758. The molecule has 0 radical (unpaired) electrons. The summed E-state index contributed by atoms with van der Waals surface area (Å²) in [5, 5.41) is 8.35. The van der Waals surface area contributed by atoms with Crippen LogP contribution in [0.1, 0.15) is 5.69 Å². The number of carbonyl (C=O) groups excluding carboxylic acids is 1. The number of benzene rings is 2. The van der Waals surface area contributed by atoms with Crippen LogP contribution < -0.4 is 14.8 Å². The van der Waals surface area contributed by atoms with Gasteiger partial charge in [-0.3, -0.25) is 4.79 Å². The van der Waals surface area contributed by atoms with Crippen molar-refractivity contribution in [3.8, 4) is 22.6 Å². The third-order valence-electron chi connectivity index (χ3n) is 4.97. The summed E-state index contributed by atoms with van der Waals surface area (Å²) in [7, 11) is 3.22. The Kier molecular flexibility index (Phi) is 7.10. The van der Waals surface area contributed by atoms with Gasteiger partial charge >= 0.3 is 0 Å². The number of amides is 1. The number of aromatic nitrogens is 3. The van der Waals surface area contributed by atoms with Gasteiger partial charge in [-0.05, 0) is 55.1 Å². The quantitative estimate of drug-likeness (QED) is 0.275. The molecule has 0 aliphatic heterocycles. The molecule has 0 aliphatic rings. The molecule has 2 heterocycles. The first-order chi connectivity index (χ1) is 16.0. The average Bonchev–Trinajstić information content (AvgIpc) is 3.26. The molecule has 0 fully saturated rings. The summed E-state index contributed by atoms with van der Waals surface area (Å²) in [6, 6.07) is 15.5. The molecule has 0 saturated carbocycles. The largest absolute Gasteiger partial charge is 0.493 e. The molecule has 0 spiro atoms. The van der Waals surface area contributed by atoms with E-state index in [0.29, 0.717) is 11.5 Å². The lowest BCUT2D eigenvalue weighted by molar-refractivity contribution is -0.113. The Hall–Kier alpha value is -3.17. The van der Waals surface area contributed by atoms with Crippen molar-refractivity contribution >= 4 is 40.8 Å². The third-order valence-corrected chi connectivity index (χ3v) is 6.68. The highest BCUT2D eigenvalue weighted by atomic mass is 32.2. The van der Waals surface area contributed by atoms with Gasteiger partial charge in [-0.2, -0.15) is 5.10 Å². The van der Waals surface area contributed by atoms with Crippen molar-refractivity contribution in [1.29, 1.82) is 0 Å². The van der Waals surface area contributed by atoms with Crippen molar-refractivity contribution in [2.24, 2.45) is 0 Å². The highest BCUT2D eigenvalue weighted by Gasteiger charge is 2.15. The van der Waals surface area contributed by atoms with Crippen LogP contribution in [0.2, 0.25) is 0 Å². The zero-order chi connectivity index (χ0) is 23.4. The highest BCUT2D eigenvalue weighted by molar-refractivity contribution is 8.00. The van der Waals surface area contributed by atoms with E-state index in [2.05, 4.69) is 10.4 Å². The molecule has 0 aliphatic carbocycles. The highest BCUT2D eigenvalue weighted by Crippen LogP contribution is 2.34. The average molecular weight is 481 g/mol. The normalized spacial score (nSPS) is 10.9. The summed E-state index contributed by atoms with van der Waals surface area (Å²) < 4.78 is 12.5. The Morgan fingerprint density at radius 1 is 1.09 bits per heavy atom. The third kappa shape index (κ3) is 5.09. The molecular formula is C24H24N4O3S2. The van der Waals surface area contributed by atoms with Gasteiger partial charge < -0.3 is 14.8 Å². The van der Waals surface area contributed by atoms with Crippen molar-refractivity contribution in [1.82, 2.24) is 14.6 Å². The number of methoxy groups -OCH3 is 2. The zero-order valence-electron chi connectivity index (χ0n) is 18.8. The SMILES string of the molecule is COc1ccc(-c2cnn3c(SCC(=O)Nc4cccc(SC)c4)cc(C)nc23)cc1OC. The molecule has 2 aromatic heterocycles. The molecule has 4 rings (SSSR count). The van der Waals surface area contributed by atoms with E-state index in [1.165, 1.54) is 11.8 Å². The van der Waals surface area contributed by atoms with Gasteiger partial charge in [-0.25, -0.2) is 9.50 Å². The summed E-state index contributed by atoms with van der Waals surface area (Å²) >= 11 is 3.06. The molecule has 2 aromatic carbocycles. The van der Waals surface area contributed by atoms with Crippen LogP contribution in [0.25, 0.3) is 16.8 Å². The van der Waals surface area contributed by atoms with E-state index >= 15 is 0 Å². The van der Waals surface area contributed by atoms with Crippen LogP contribution in [-0.4, -0.2) is 46.7 Å². The Bertz CT molecular complexity index is 1310. The van der Waals surface area contributed by atoms with Crippen LogP contribution in [0.4, 0.5) is 5.69 Å². The van der Waals surface area contributed by atoms with Gasteiger partial charge in [0.1, 0.15) is 5.03 Å². The second kappa shape index (κ2) is 10.2. The molecule has 170 valence electrons. The Balaban J connectivity index is 1.57. The number of anilines is 1. The number of carbonyl (C=O) groups is 1. The molecule has 1 amide bonds. The van der Waals surface area contributed by atoms with Gasteiger partial charge in [0.25, 0.3) is 0 Å². The van der Waals surface area contributed by atoms with E-state index in [4.69, 9.17) is 14.5 Å². The molecular weight excluding hydrogens is 456 g/mol. The van der Waals surface area contributed by atoms with E-state index in [9.17, 15) is 4.79 Å². The molecule has 0 bridgehead atoms. The Labute approximate surface area is 200 Å². The minimum atomic E-state index is -0.0758. The number of fused-ring (bicyclic) bond motifs is 1. The van der Waals surface area contributed by atoms with Gasteiger partial charge in [-0.15, -0.1) is 11.8 Å². The van der Waals surface area contributed by atoms with Crippen LogP contribution in [0.15, 0.2) is 64.6 Å². The fraction of sp³-hybridized carbons (Fsp3) is 0.208. The first-order valence-corrected chi connectivity index (χ1v) is 12.4. The van der Waals surface area contributed by atoms with Crippen molar-refractivity contribution in [3.05, 3.63) is 60.4 Å². The lowest BCUT2D eigenvalue weighted by Crippen LogP contribution is -2.14. The molecule has 9 heteroatoms. The van der Waals surface area contributed by atoms with Crippen LogP contribution in [0, 0.1) is 6.92 Å². The summed E-state index contributed by atoms with van der Waals surface area (Å²) in [4.78, 5) is 18.4. The van der Waals surface area contributed by atoms with Gasteiger partial charge in [0.15, 0.2) is 17.1 Å². The van der Waals surface area contributed by atoms with Crippen molar-refractivity contribution in [3.63, 3.8) is 0 Å². The predicted molar refractivity (Wildman–Crippen MR) is 134 cm³/mol.